The first-order valence-corrected chi connectivity index (χ1v) is 4.60. The summed E-state index contributed by atoms with van der Waals surface area (Å²) in [5, 5.41) is 19.5. The Morgan fingerprint density at radius 2 is 2.27 bits per heavy atom. The maximum atomic E-state index is 10.6. The summed E-state index contributed by atoms with van der Waals surface area (Å²) in [7, 11) is 0. The van der Waals surface area contributed by atoms with Crippen molar-refractivity contribution < 1.29 is 4.92 Å². The van der Waals surface area contributed by atoms with E-state index in [9.17, 15) is 10.1 Å². The van der Waals surface area contributed by atoms with Crippen LogP contribution in [0.4, 0.5) is 5.69 Å². The minimum absolute atomic E-state index is 0.0387. The number of nitriles is 1. The molecule has 0 saturated heterocycles. The molecule has 2 rings (SSSR count). The van der Waals surface area contributed by atoms with E-state index in [0.29, 0.717) is 11.1 Å². The average molecular weight is 200 g/mol. The standard InChI is InChI=1S/C11H8N2O2/c12-7-9-3-1-2-8-4-5-10(13(14)15)6-11(8)9/h3-6H,1-2H2. The van der Waals surface area contributed by atoms with Gasteiger partial charge in [-0.15, -0.1) is 0 Å². The summed E-state index contributed by atoms with van der Waals surface area (Å²) in [6, 6.07) is 6.76. The van der Waals surface area contributed by atoms with Crippen LogP contribution in [0, 0.1) is 21.4 Å². The lowest BCUT2D eigenvalue weighted by Gasteiger charge is -2.12. The number of nitro benzene ring substituents is 1. The Labute approximate surface area is 86.6 Å². The molecule has 0 unspecified atom stereocenters. The van der Waals surface area contributed by atoms with Gasteiger partial charge in [0.05, 0.1) is 16.6 Å². The van der Waals surface area contributed by atoms with Crippen molar-refractivity contribution in [1.82, 2.24) is 0 Å². The van der Waals surface area contributed by atoms with E-state index in [1.807, 2.05) is 6.08 Å². The van der Waals surface area contributed by atoms with Gasteiger partial charge in [0.15, 0.2) is 0 Å². The zero-order valence-corrected chi connectivity index (χ0v) is 7.93. The van der Waals surface area contributed by atoms with Gasteiger partial charge in [-0.1, -0.05) is 12.1 Å². The molecule has 0 N–H and O–H groups in total. The topological polar surface area (TPSA) is 66.9 Å². The van der Waals surface area contributed by atoms with Crippen LogP contribution in [0.1, 0.15) is 17.5 Å². The highest BCUT2D eigenvalue weighted by molar-refractivity contribution is 5.80. The van der Waals surface area contributed by atoms with Crippen LogP contribution in [0.15, 0.2) is 24.3 Å². The van der Waals surface area contributed by atoms with Gasteiger partial charge >= 0.3 is 0 Å². The first-order valence-electron chi connectivity index (χ1n) is 4.60. The van der Waals surface area contributed by atoms with E-state index in [1.165, 1.54) is 12.1 Å². The number of fused-ring (bicyclic) bond motifs is 1. The smallest absolute Gasteiger partial charge is 0.258 e. The highest BCUT2D eigenvalue weighted by Gasteiger charge is 2.16. The number of hydrogen-bond acceptors (Lipinski definition) is 3. The highest BCUT2D eigenvalue weighted by Crippen LogP contribution is 2.29. The Kier molecular flexibility index (Phi) is 2.22. The molecule has 0 amide bonds. The van der Waals surface area contributed by atoms with Gasteiger partial charge in [0, 0.05) is 17.7 Å². The third-order valence-corrected chi connectivity index (χ3v) is 2.48. The number of nitro groups is 1. The Morgan fingerprint density at radius 1 is 1.47 bits per heavy atom. The van der Waals surface area contributed by atoms with E-state index < -0.39 is 4.92 Å². The molecule has 0 aliphatic heterocycles. The average Bonchev–Trinajstić information content (AvgIpc) is 2.27. The van der Waals surface area contributed by atoms with E-state index in [-0.39, 0.29) is 5.69 Å². The molecule has 0 saturated carbocycles. The lowest BCUT2D eigenvalue weighted by molar-refractivity contribution is -0.384. The Hall–Kier alpha value is -2.15. The van der Waals surface area contributed by atoms with Crippen molar-refractivity contribution in [2.75, 3.05) is 0 Å². The van der Waals surface area contributed by atoms with Crippen LogP contribution >= 0.6 is 0 Å². The third kappa shape index (κ3) is 1.59. The molecule has 0 aromatic heterocycles. The van der Waals surface area contributed by atoms with E-state index in [2.05, 4.69) is 6.07 Å². The normalized spacial score (nSPS) is 13.7. The molecule has 0 fully saturated rings. The zero-order valence-electron chi connectivity index (χ0n) is 7.93. The molecular weight excluding hydrogens is 192 g/mol. The van der Waals surface area contributed by atoms with Gasteiger partial charge in [0.1, 0.15) is 0 Å². The molecule has 1 aliphatic carbocycles. The first kappa shape index (κ1) is 9.41. The van der Waals surface area contributed by atoms with E-state index >= 15 is 0 Å². The molecule has 0 bridgehead atoms. The molecule has 4 heteroatoms. The summed E-state index contributed by atoms with van der Waals surface area (Å²) in [6.07, 6.45) is 3.50. The molecule has 0 radical (unpaired) electrons. The second kappa shape index (κ2) is 3.54. The predicted octanol–water partition coefficient (Wildman–Crippen LogP) is 2.45. The summed E-state index contributed by atoms with van der Waals surface area (Å²) in [4.78, 5) is 10.1. The molecular formula is C11H8N2O2. The van der Waals surface area contributed by atoms with Crippen molar-refractivity contribution in [3.8, 4) is 6.07 Å². The van der Waals surface area contributed by atoms with Crippen molar-refractivity contribution in [3.63, 3.8) is 0 Å². The van der Waals surface area contributed by atoms with E-state index in [1.54, 1.807) is 6.07 Å². The van der Waals surface area contributed by atoms with Gasteiger partial charge in [-0.25, -0.2) is 0 Å². The second-order valence-electron chi connectivity index (χ2n) is 3.37. The van der Waals surface area contributed by atoms with Crippen LogP contribution in [0.5, 0.6) is 0 Å². The van der Waals surface area contributed by atoms with E-state index in [0.717, 1.165) is 18.4 Å². The minimum Gasteiger partial charge on any atom is -0.258 e. The van der Waals surface area contributed by atoms with Crippen molar-refractivity contribution in [2.24, 2.45) is 0 Å². The summed E-state index contributed by atoms with van der Waals surface area (Å²) < 4.78 is 0. The minimum atomic E-state index is -0.441. The fourth-order valence-electron chi connectivity index (χ4n) is 1.73. The summed E-state index contributed by atoms with van der Waals surface area (Å²) in [5.74, 6) is 0. The summed E-state index contributed by atoms with van der Waals surface area (Å²) in [5.41, 5.74) is 2.30. The van der Waals surface area contributed by atoms with Crippen molar-refractivity contribution in [2.45, 2.75) is 12.8 Å². The molecule has 4 nitrogen and oxygen atoms in total. The maximum absolute atomic E-state index is 10.6. The predicted molar refractivity (Wildman–Crippen MR) is 55.0 cm³/mol. The maximum Gasteiger partial charge on any atom is 0.270 e. The Morgan fingerprint density at radius 3 is 2.93 bits per heavy atom. The molecule has 1 aromatic rings. The van der Waals surface area contributed by atoms with Crippen LogP contribution in [0.25, 0.3) is 5.57 Å². The van der Waals surface area contributed by atoms with Crippen LogP contribution in [-0.4, -0.2) is 4.92 Å². The number of nitrogens with zero attached hydrogens (tertiary/aromatic N) is 2. The lowest BCUT2D eigenvalue weighted by Crippen LogP contribution is -2.00. The van der Waals surface area contributed by atoms with Crippen molar-refractivity contribution in [1.29, 1.82) is 5.26 Å². The number of rotatable bonds is 1. The number of non-ortho nitro benzene ring substituents is 1. The third-order valence-electron chi connectivity index (χ3n) is 2.48. The van der Waals surface area contributed by atoms with Crippen LogP contribution < -0.4 is 0 Å². The number of aryl methyl sites for hydroxylation is 1. The largest absolute Gasteiger partial charge is 0.270 e. The molecule has 1 aromatic carbocycles. The molecule has 0 atom stereocenters. The van der Waals surface area contributed by atoms with Crippen LogP contribution in [-0.2, 0) is 6.42 Å². The fourth-order valence-corrected chi connectivity index (χ4v) is 1.73. The van der Waals surface area contributed by atoms with Gasteiger partial charge < -0.3 is 0 Å². The van der Waals surface area contributed by atoms with Gasteiger partial charge in [0.25, 0.3) is 5.69 Å². The number of hydrogen-bond donors (Lipinski definition) is 0. The van der Waals surface area contributed by atoms with Crippen molar-refractivity contribution >= 4 is 11.3 Å². The monoisotopic (exact) mass is 200 g/mol. The van der Waals surface area contributed by atoms with Gasteiger partial charge in [-0.3, -0.25) is 10.1 Å². The van der Waals surface area contributed by atoms with Gasteiger partial charge in [-0.05, 0) is 18.4 Å². The highest BCUT2D eigenvalue weighted by atomic mass is 16.6. The first-order chi connectivity index (χ1) is 7.22. The van der Waals surface area contributed by atoms with Gasteiger partial charge in [-0.2, -0.15) is 5.26 Å². The number of benzene rings is 1. The zero-order chi connectivity index (χ0) is 10.8. The van der Waals surface area contributed by atoms with Crippen LogP contribution in [0.2, 0.25) is 0 Å². The molecule has 0 heterocycles. The number of allylic oxidation sites excluding steroid dienone is 2. The second-order valence-corrected chi connectivity index (χ2v) is 3.37. The fraction of sp³-hybridized carbons (Fsp3) is 0.182. The molecule has 0 spiro atoms. The Balaban J connectivity index is 2.57. The molecule has 1 aliphatic rings. The quantitative estimate of drug-likeness (QED) is 0.516. The Bertz CT molecular complexity index is 498. The molecule has 15 heavy (non-hydrogen) atoms. The lowest BCUT2D eigenvalue weighted by atomic mass is 9.91. The van der Waals surface area contributed by atoms with Gasteiger partial charge in [0.2, 0.25) is 0 Å². The van der Waals surface area contributed by atoms with E-state index in [4.69, 9.17) is 5.26 Å². The molecule has 74 valence electrons. The van der Waals surface area contributed by atoms with Crippen molar-refractivity contribution in [3.05, 3.63) is 45.5 Å². The van der Waals surface area contributed by atoms with Crippen LogP contribution in [0.3, 0.4) is 0 Å². The SMILES string of the molecule is N#CC1=CCCc2ccc([N+](=O)[O-])cc21. The summed E-state index contributed by atoms with van der Waals surface area (Å²) >= 11 is 0. The summed E-state index contributed by atoms with van der Waals surface area (Å²) in [6.45, 7) is 0.